The third kappa shape index (κ3) is 5.98. The number of carboxylic acid groups (broad SMARTS) is 1. The third-order valence-electron chi connectivity index (χ3n) is 2.01. The Bertz CT molecular complexity index is 563. The van der Waals surface area contributed by atoms with Crippen LogP contribution in [0.1, 0.15) is 15.9 Å². The molecule has 8 heteroatoms. The number of amides is 1. The van der Waals surface area contributed by atoms with E-state index in [1.54, 1.807) is 0 Å². The van der Waals surface area contributed by atoms with Gasteiger partial charge in [-0.25, -0.2) is 18.7 Å². The molecule has 0 aliphatic heterocycles. The van der Waals surface area contributed by atoms with Crippen molar-refractivity contribution < 1.29 is 28.0 Å². The Morgan fingerprint density at radius 1 is 1.26 bits per heavy atom. The van der Waals surface area contributed by atoms with Gasteiger partial charge < -0.3 is 5.11 Å². The summed E-state index contributed by atoms with van der Waals surface area (Å²) in [7, 11) is -3.12. The fraction of sp³-hybridized carbons (Fsp3) is 0.273. The highest BCUT2D eigenvalue weighted by atomic mass is 32.2. The van der Waals surface area contributed by atoms with E-state index in [1.165, 1.54) is 24.3 Å². The number of carboxylic acids is 1. The van der Waals surface area contributed by atoms with Crippen molar-refractivity contribution in [3.63, 3.8) is 0 Å². The van der Waals surface area contributed by atoms with Crippen molar-refractivity contribution in [2.45, 2.75) is 5.75 Å². The number of hydrogen-bond donors (Lipinski definition) is 2. The highest BCUT2D eigenvalue weighted by Gasteiger charge is 2.08. The highest BCUT2D eigenvalue weighted by Crippen LogP contribution is 2.07. The van der Waals surface area contributed by atoms with Crippen molar-refractivity contribution >= 4 is 21.7 Å². The van der Waals surface area contributed by atoms with Crippen LogP contribution in [0.2, 0.25) is 0 Å². The fourth-order valence-corrected chi connectivity index (χ4v) is 2.08. The van der Waals surface area contributed by atoms with E-state index in [0.29, 0.717) is 5.56 Å². The lowest BCUT2D eigenvalue weighted by Crippen LogP contribution is -2.26. The summed E-state index contributed by atoms with van der Waals surface area (Å²) in [4.78, 5) is 26.1. The molecule has 1 aromatic carbocycles. The van der Waals surface area contributed by atoms with Crippen LogP contribution in [0.25, 0.3) is 0 Å². The minimum Gasteiger partial charge on any atom is -0.479 e. The lowest BCUT2D eigenvalue weighted by Gasteiger charge is -2.05. The van der Waals surface area contributed by atoms with Crippen molar-refractivity contribution in [3.8, 4) is 0 Å². The van der Waals surface area contributed by atoms with Gasteiger partial charge in [0.1, 0.15) is 0 Å². The number of carbonyl (C=O) groups excluding carboxylic acids is 1. The number of benzene rings is 1. The third-order valence-corrected chi connectivity index (χ3v) is 2.86. The molecule has 0 atom stereocenters. The van der Waals surface area contributed by atoms with Gasteiger partial charge in [0.25, 0.3) is 5.91 Å². The summed E-state index contributed by atoms with van der Waals surface area (Å²) in [6.07, 6.45) is 1.12. The van der Waals surface area contributed by atoms with Gasteiger partial charge in [0.2, 0.25) is 0 Å². The molecule has 1 amide bonds. The maximum Gasteiger partial charge on any atom is 0.332 e. The van der Waals surface area contributed by atoms with E-state index in [4.69, 9.17) is 5.11 Å². The Kier molecular flexibility index (Phi) is 5.02. The smallest absolute Gasteiger partial charge is 0.332 e. The summed E-state index contributed by atoms with van der Waals surface area (Å²) in [5, 5.41) is 8.31. The number of rotatable bonds is 6. The number of hydroxylamine groups is 1. The van der Waals surface area contributed by atoms with Gasteiger partial charge in [-0.15, -0.1) is 0 Å². The van der Waals surface area contributed by atoms with Crippen LogP contribution < -0.4 is 5.48 Å². The molecule has 0 bridgehead atoms. The number of aliphatic carboxylic acids is 1. The van der Waals surface area contributed by atoms with E-state index >= 15 is 0 Å². The van der Waals surface area contributed by atoms with Gasteiger partial charge in [-0.3, -0.25) is 9.63 Å². The van der Waals surface area contributed by atoms with Crippen LogP contribution in [0.5, 0.6) is 0 Å². The second-order valence-electron chi connectivity index (χ2n) is 3.88. The second kappa shape index (κ2) is 6.30. The molecule has 0 spiro atoms. The zero-order chi connectivity index (χ0) is 14.5. The first-order valence-corrected chi connectivity index (χ1v) is 7.24. The molecule has 0 aliphatic rings. The normalized spacial score (nSPS) is 11.0. The molecule has 0 aliphatic carbocycles. The van der Waals surface area contributed by atoms with Gasteiger partial charge in [0.05, 0.1) is 5.75 Å². The predicted molar refractivity (Wildman–Crippen MR) is 66.0 cm³/mol. The lowest BCUT2D eigenvalue weighted by molar-refractivity contribution is -0.144. The van der Waals surface area contributed by atoms with Crippen molar-refractivity contribution in [2.24, 2.45) is 0 Å². The molecule has 0 heterocycles. The van der Waals surface area contributed by atoms with Gasteiger partial charge in [0, 0.05) is 11.8 Å². The van der Waals surface area contributed by atoms with E-state index in [-0.39, 0.29) is 11.3 Å². The molecule has 2 N–H and O–H groups in total. The molecular formula is C11H13NO6S. The molecule has 1 aromatic rings. The highest BCUT2D eigenvalue weighted by molar-refractivity contribution is 7.89. The van der Waals surface area contributed by atoms with Crippen LogP contribution in [0.4, 0.5) is 0 Å². The summed E-state index contributed by atoms with van der Waals surface area (Å²) in [5.74, 6) is -1.92. The monoisotopic (exact) mass is 287 g/mol. The van der Waals surface area contributed by atoms with Crippen molar-refractivity contribution in [3.05, 3.63) is 35.4 Å². The van der Waals surface area contributed by atoms with Crippen LogP contribution in [0.15, 0.2) is 24.3 Å². The van der Waals surface area contributed by atoms with Crippen LogP contribution in [0.3, 0.4) is 0 Å². The number of hydrogen-bond acceptors (Lipinski definition) is 5. The zero-order valence-corrected chi connectivity index (χ0v) is 10.9. The summed E-state index contributed by atoms with van der Waals surface area (Å²) < 4.78 is 22.1. The maximum atomic E-state index is 11.5. The molecule has 0 radical (unpaired) electrons. The molecule has 19 heavy (non-hydrogen) atoms. The van der Waals surface area contributed by atoms with Crippen LogP contribution >= 0.6 is 0 Å². The first-order chi connectivity index (χ1) is 8.78. The van der Waals surface area contributed by atoms with Gasteiger partial charge in [-0.05, 0) is 17.7 Å². The van der Waals surface area contributed by atoms with Gasteiger partial charge >= 0.3 is 5.97 Å². The van der Waals surface area contributed by atoms with Crippen molar-refractivity contribution in [2.75, 3.05) is 12.9 Å². The largest absolute Gasteiger partial charge is 0.479 e. The van der Waals surface area contributed by atoms with Crippen molar-refractivity contribution in [1.82, 2.24) is 5.48 Å². The molecule has 104 valence electrons. The molecular weight excluding hydrogens is 274 g/mol. The summed E-state index contributed by atoms with van der Waals surface area (Å²) >= 11 is 0. The van der Waals surface area contributed by atoms with Gasteiger partial charge in [0.15, 0.2) is 16.4 Å². The maximum absolute atomic E-state index is 11.5. The Morgan fingerprint density at radius 3 is 2.32 bits per heavy atom. The quantitative estimate of drug-likeness (QED) is 0.711. The Balaban J connectivity index is 2.60. The predicted octanol–water partition coefficient (Wildman–Crippen LogP) is -0.0228. The first-order valence-electron chi connectivity index (χ1n) is 5.18. The van der Waals surface area contributed by atoms with Gasteiger partial charge in [-0.1, -0.05) is 12.1 Å². The number of carbonyl (C=O) groups is 2. The van der Waals surface area contributed by atoms with E-state index in [1.807, 2.05) is 5.48 Å². The molecule has 0 saturated heterocycles. The SMILES string of the molecule is CS(=O)(=O)Cc1ccc(C(=O)NOCC(=O)O)cc1. The Morgan fingerprint density at radius 2 is 1.84 bits per heavy atom. The minimum absolute atomic E-state index is 0.107. The second-order valence-corrected chi connectivity index (χ2v) is 6.02. The van der Waals surface area contributed by atoms with Crippen LogP contribution in [-0.4, -0.2) is 38.3 Å². The Hall–Kier alpha value is -1.93. The summed E-state index contributed by atoms with van der Waals surface area (Å²) in [6.45, 7) is -0.641. The summed E-state index contributed by atoms with van der Waals surface area (Å²) in [6, 6.07) is 5.88. The lowest BCUT2D eigenvalue weighted by atomic mass is 10.1. The molecule has 0 fully saturated rings. The molecule has 0 saturated carbocycles. The van der Waals surface area contributed by atoms with E-state index in [0.717, 1.165) is 6.26 Å². The van der Waals surface area contributed by atoms with Crippen LogP contribution in [-0.2, 0) is 25.2 Å². The fourth-order valence-electron chi connectivity index (χ4n) is 1.28. The Labute approximate surface area is 110 Å². The minimum atomic E-state index is -3.12. The molecule has 0 unspecified atom stereocenters. The average molecular weight is 287 g/mol. The van der Waals surface area contributed by atoms with E-state index in [2.05, 4.69) is 4.84 Å². The molecule has 7 nitrogen and oxygen atoms in total. The molecule has 1 rings (SSSR count). The number of nitrogens with one attached hydrogen (secondary N) is 1. The first kappa shape index (κ1) is 15.1. The average Bonchev–Trinajstić information content (AvgIpc) is 2.27. The topological polar surface area (TPSA) is 110 Å². The van der Waals surface area contributed by atoms with Crippen molar-refractivity contribution in [1.29, 1.82) is 0 Å². The van der Waals surface area contributed by atoms with Gasteiger partial charge in [-0.2, -0.15) is 0 Å². The molecule has 0 aromatic heterocycles. The zero-order valence-electron chi connectivity index (χ0n) is 10.1. The standard InChI is InChI=1S/C11H13NO6S/c1-19(16,17)7-8-2-4-9(5-3-8)11(15)12-18-6-10(13)14/h2-5H,6-7H2,1H3,(H,12,15)(H,13,14). The van der Waals surface area contributed by atoms with E-state index < -0.39 is 28.3 Å². The number of sulfone groups is 1. The van der Waals surface area contributed by atoms with Crippen LogP contribution in [0, 0.1) is 0 Å². The van der Waals surface area contributed by atoms with E-state index in [9.17, 15) is 18.0 Å². The summed E-state index contributed by atoms with van der Waals surface area (Å²) in [5.41, 5.74) is 2.76.